The van der Waals surface area contributed by atoms with Crippen molar-refractivity contribution in [1.29, 1.82) is 0 Å². The highest BCUT2D eigenvalue weighted by atomic mass is 79.9. The number of carbonyl (C=O) groups is 1. The first-order valence-corrected chi connectivity index (χ1v) is 6.75. The molecule has 0 aliphatic heterocycles. The van der Waals surface area contributed by atoms with Crippen molar-refractivity contribution < 1.29 is 13.6 Å². The largest absolute Gasteiger partial charge is 0.323 e. The molecule has 0 saturated heterocycles. The van der Waals surface area contributed by atoms with Gasteiger partial charge in [0.15, 0.2) is 11.6 Å². The van der Waals surface area contributed by atoms with Crippen LogP contribution in [-0.4, -0.2) is 5.91 Å². The number of carbonyl (C=O) groups excluding carboxylic acids is 1. The second-order valence-corrected chi connectivity index (χ2v) is 5.31. The van der Waals surface area contributed by atoms with Crippen molar-refractivity contribution in [2.75, 3.05) is 10.7 Å². The van der Waals surface area contributed by atoms with Crippen LogP contribution in [0.1, 0.15) is 15.9 Å². The van der Waals surface area contributed by atoms with Crippen LogP contribution in [0.3, 0.4) is 0 Å². The maximum absolute atomic E-state index is 13.7. The van der Waals surface area contributed by atoms with Crippen LogP contribution >= 0.6 is 15.9 Å². The Morgan fingerprint density at radius 2 is 1.81 bits per heavy atom. The molecular weight excluding hydrogens is 344 g/mol. The van der Waals surface area contributed by atoms with Gasteiger partial charge in [0.25, 0.3) is 5.91 Å². The highest BCUT2D eigenvalue weighted by molar-refractivity contribution is 9.10. The van der Waals surface area contributed by atoms with E-state index in [-0.39, 0.29) is 10.0 Å². The molecule has 0 saturated carbocycles. The number of hydrogen-bond acceptors (Lipinski definition) is 3. The molecule has 21 heavy (non-hydrogen) atoms. The van der Waals surface area contributed by atoms with Crippen LogP contribution in [0.4, 0.5) is 20.2 Å². The molecule has 110 valence electrons. The molecule has 0 aliphatic carbocycles. The maximum atomic E-state index is 13.7. The van der Waals surface area contributed by atoms with E-state index in [0.29, 0.717) is 5.69 Å². The zero-order valence-corrected chi connectivity index (χ0v) is 12.6. The number of aryl methyl sites for hydroxylation is 1. The van der Waals surface area contributed by atoms with Crippen molar-refractivity contribution in [3.63, 3.8) is 0 Å². The molecule has 7 heteroatoms. The number of rotatable bonds is 3. The van der Waals surface area contributed by atoms with Gasteiger partial charge in [-0.1, -0.05) is 27.6 Å². The monoisotopic (exact) mass is 355 g/mol. The third kappa shape index (κ3) is 3.37. The third-order valence-corrected chi connectivity index (χ3v) is 3.28. The minimum atomic E-state index is -0.870. The van der Waals surface area contributed by atoms with Crippen molar-refractivity contribution in [2.45, 2.75) is 6.92 Å². The number of nitrogen functional groups attached to an aromatic ring is 1. The summed E-state index contributed by atoms with van der Waals surface area (Å²) in [5, 5.41) is 2.22. The van der Waals surface area contributed by atoms with E-state index in [2.05, 4.69) is 26.7 Å². The number of hydrazine groups is 1. The van der Waals surface area contributed by atoms with E-state index < -0.39 is 23.2 Å². The minimum absolute atomic E-state index is 0.194. The normalized spacial score (nSPS) is 10.3. The number of nitrogens with two attached hydrogens (primary N) is 1. The molecule has 0 radical (unpaired) electrons. The van der Waals surface area contributed by atoms with Gasteiger partial charge in [-0.05, 0) is 31.2 Å². The minimum Gasteiger partial charge on any atom is -0.323 e. The zero-order valence-electron chi connectivity index (χ0n) is 11.0. The fourth-order valence-electron chi connectivity index (χ4n) is 1.81. The number of hydrogen-bond donors (Lipinski definition) is 3. The van der Waals surface area contributed by atoms with Crippen molar-refractivity contribution in [3.8, 4) is 0 Å². The summed E-state index contributed by atoms with van der Waals surface area (Å²) in [6.45, 7) is 1.79. The number of nitrogens with one attached hydrogen (secondary N) is 2. The Balaban J connectivity index is 2.37. The lowest BCUT2D eigenvalue weighted by atomic mass is 10.1. The van der Waals surface area contributed by atoms with Gasteiger partial charge in [-0.25, -0.2) is 8.78 Å². The average Bonchev–Trinajstić information content (AvgIpc) is 2.42. The van der Waals surface area contributed by atoms with Gasteiger partial charge in [-0.15, -0.1) is 0 Å². The number of anilines is 2. The molecule has 0 unspecified atom stereocenters. The van der Waals surface area contributed by atoms with E-state index in [0.717, 1.165) is 17.7 Å². The molecule has 0 aliphatic rings. The van der Waals surface area contributed by atoms with Gasteiger partial charge >= 0.3 is 0 Å². The second-order valence-electron chi connectivity index (χ2n) is 4.39. The first kappa shape index (κ1) is 15.4. The maximum Gasteiger partial charge on any atom is 0.257 e. The molecule has 0 fully saturated rings. The lowest BCUT2D eigenvalue weighted by Gasteiger charge is -2.12. The van der Waals surface area contributed by atoms with Crippen LogP contribution in [-0.2, 0) is 0 Å². The molecule has 0 atom stereocenters. The average molecular weight is 356 g/mol. The highest BCUT2D eigenvalue weighted by Gasteiger charge is 2.17. The topological polar surface area (TPSA) is 67.1 Å². The summed E-state index contributed by atoms with van der Waals surface area (Å²) in [4.78, 5) is 12.2. The summed E-state index contributed by atoms with van der Waals surface area (Å²) in [6.07, 6.45) is 0. The molecule has 4 N–H and O–H groups in total. The molecule has 0 spiro atoms. The van der Waals surface area contributed by atoms with Crippen LogP contribution in [0.2, 0.25) is 0 Å². The molecular formula is C14H12BrF2N3O. The molecule has 2 aromatic carbocycles. The summed E-state index contributed by atoms with van der Waals surface area (Å²) >= 11 is 2.97. The van der Waals surface area contributed by atoms with E-state index in [4.69, 9.17) is 5.84 Å². The summed E-state index contributed by atoms with van der Waals surface area (Å²) in [5.41, 5.74) is 3.23. The van der Waals surface area contributed by atoms with Crippen LogP contribution in [0.15, 0.2) is 34.8 Å². The van der Waals surface area contributed by atoms with Gasteiger partial charge in [0.2, 0.25) is 0 Å². The van der Waals surface area contributed by atoms with Gasteiger partial charge in [-0.2, -0.15) is 0 Å². The zero-order chi connectivity index (χ0) is 15.6. The fraction of sp³-hybridized carbons (Fsp3) is 0.0714. The van der Waals surface area contributed by atoms with Crippen molar-refractivity contribution >= 4 is 33.2 Å². The van der Waals surface area contributed by atoms with Gasteiger partial charge in [-0.3, -0.25) is 10.6 Å². The number of halogens is 3. The quantitative estimate of drug-likeness (QED) is 0.582. The Bertz CT molecular complexity index is 684. The molecule has 2 rings (SSSR count). The van der Waals surface area contributed by atoms with E-state index in [1.54, 1.807) is 25.1 Å². The van der Waals surface area contributed by atoms with Crippen LogP contribution < -0.4 is 16.6 Å². The van der Waals surface area contributed by atoms with E-state index in [1.165, 1.54) is 0 Å². The predicted octanol–water partition coefficient (Wildman–Crippen LogP) is 3.57. The van der Waals surface area contributed by atoms with E-state index in [9.17, 15) is 13.6 Å². The standard InChI is InChI=1S/C14H12BrF2N3O/c1-7-2-3-12(20-18)9(4-7)14(21)19-13-10(16)5-8(15)6-11(13)17/h2-6,20H,18H2,1H3,(H,19,21). The van der Waals surface area contributed by atoms with Crippen LogP contribution in [0.25, 0.3) is 0 Å². The van der Waals surface area contributed by atoms with Gasteiger partial charge in [0.05, 0.1) is 11.3 Å². The summed E-state index contributed by atoms with van der Waals surface area (Å²) in [5.74, 6) is 2.93. The first-order chi connectivity index (χ1) is 9.92. The predicted molar refractivity (Wildman–Crippen MR) is 81.0 cm³/mol. The Labute approximate surface area is 128 Å². The number of amides is 1. The van der Waals surface area contributed by atoms with Crippen molar-refractivity contribution in [3.05, 3.63) is 57.6 Å². The Hall–Kier alpha value is -1.99. The smallest absolute Gasteiger partial charge is 0.257 e. The number of benzene rings is 2. The van der Waals surface area contributed by atoms with Gasteiger partial charge in [0.1, 0.15) is 5.69 Å². The fourth-order valence-corrected chi connectivity index (χ4v) is 2.22. The van der Waals surface area contributed by atoms with Crippen LogP contribution in [0.5, 0.6) is 0 Å². The summed E-state index contributed by atoms with van der Waals surface area (Å²) in [7, 11) is 0. The van der Waals surface area contributed by atoms with E-state index >= 15 is 0 Å². The lowest BCUT2D eigenvalue weighted by Crippen LogP contribution is -2.18. The SMILES string of the molecule is Cc1ccc(NN)c(C(=O)Nc2c(F)cc(Br)cc2F)c1. The van der Waals surface area contributed by atoms with Gasteiger partial charge in [0, 0.05) is 4.47 Å². The highest BCUT2D eigenvalue weighted by Crippen LogP contribution is 2.25. The summed E-state index contributed by atoms with van der Waals surface area (Å²) in [6, 6.07) is 7.07. The Kier molecular flexibility index (Phi) is 4.54. The van der Waals surface area contributed by atoms with Crippen molar-refractivity contribution in [1.82, 2.24) is 0 Å². The molecule has 2 aromatic rings. The van der Waals surface area contributed by atoms with E-state index in [1.807, 2.05) is 0 Å². The molecule has 1 amide bonds. The Morgan fingerprint density at radius 1 is 1.19 bits per heavy atom. The molecule has 0 heterocycles. The molecule has 0 bridgehead atoms. The third-order valence-electron chi connectivity index (χ3n) is 2.82. The summed E-state index contributed by atoms with van der Waals surface area (Å²) < 4.78 is 27.7. The van der Waals surface area contributed by atoms with Gasteiger partial charge < -0.3 is 10.7 Å². The second kappa shape index (κ2) is 6.19. The lowest BCUT2D eigenvalue weighted by molar-refractivity contribution is 0.102. The molecule has 0 aromatic heterocycles. The van der Waals surface area contributed by atoms with Crippen molar-refractivity contribution in [2.24, 2.45) is 5.84 Å². The first-order valence-electron chi connectivity index (χ1n) is 5.95. The molecule has 4 nitrogen and oxygen atoms in total. The van der Waals surface area contributed by atoms with Crippen LogP contribution in [0, 0.1) is 18.6 Å². The Morgan fingerprint density at radius 3 is 2.38 bits per heavy atom.